The Morgan fingerprint density at radius 2 is 1.37 bits per heavy atom. The van der Waals surface area contributed by atoms with Crippen LogP contribution in [0, 0.1) is 57.2 Å². The summed E-state index contributed by atoms with van der Waals surface area (Å²) in [6, 6.07) is 0. The first kappa shape index (κ1) is 36.6. The first-order valence-electron chi connectivity index (χ1n) is 16.5. The van der Waals surface area contributed by atoms with Crippen molar-refractivity contribution in [2.45, 2.75) is 125 Å². The van der Waals surface area contributed by atoms with E-state index in [9.17, 15) is 38.9 Å². The molecule has 0 aromatic carbocycles. The smallest absolute Gasteiger partial charge is 0.264 e. The van der Waals surface area contributed by atoms with Gasteiger partial charge in [-0.25, -0.2) is 12.5 Å². The van der Waals surface area contributed by atoms with Crippen LogP contribution >= 0.6 is 0 Å². The third kappa shape index (κ3) is 6.50. The van der Waals surface area contributed by atoms with E-state index in [0.29, 0.717) is 23.2 Å². The van der Waals surface area contributed by atoms with E-state index >= 15 is 0 Å². The summed E-state index contributed by atoms with van der Waals surface area (Å²) in [7, 11) is -15.1. The van der Waals surface area contributed by atoms with Gasteiger partial charge >= 0.3 is 31.2 Å². The average molecular weight is 713 g/mol. The quantitative estimate of drug-likeness (QED) is 0.172. The van der Waals surface area contributed by atoms with Crippen LogP contribution in [-0.2, 0) is 43.7 Å². The van der Waals surface area contributed by atoms with Gasteiger partial charge in [-0.1, -0.05) is 60.1 Å². The Balaban J connectivity index is 1.51. The third-order valence-electron chi connectivity index (χ3n) is 14.1. The number of allylic oxidation sites excluding steroid dienone is 2. The number of fused-ring (bicyclic) bond motifs is 5. The minimum Gasteiger partial charge on any atom is -0.264 e. The zero-order valence-electron chi connectivity index (χ0n) is 27.9. The first-order valence-corrected chi connectivity index (χ1v) is 20.6. The Morgan fingerprint density at radius 3 is 1.89 bits per heavy atom. The van der Waals surface area contributed by atoms with E-state index in [-0.39, 0.29) is 36.0 Å². The summed E-state index contributed by atoms with van der Waals surface area (Å²) in [4.78, 5) is 0. The Morgan fingerprint density at radius 1 is 0.826 bits per heavy atom. The minimum absolute atomic E-state index is 0.123. The van der Waals surface area contributed by atoms with E-state index < -0.39 is 60.8 Å². The molecular weight excluding hydrogens is 661 g/mol. The Bertz CT molecular complexity index is 1560. The molecule has 0 saturated heterocycles. The molecule has 4 saturated carbocycles. The predicted molar refractivity (Wildman–Crippen MR) is 169 cm³/mol. The van der Waals surface area contributed by atoms with Crippen LogP contribution in [0.3, 0.4) is 0 Å². The first-order chi connectivity index (χ1) is 20.9. The monoisotopic (exact) mass is 712 g/mol. The lowest BCUT2D eigenvalue weighted by Gasteiger charge is -2.63. The van der Waals surface area contributed by atoms with Crippen LogP contribution in [-0.4, -0.2) is 57.2 Å². The molecule has 0 aromatic heterocycles. The maximum atomic E-state index is 12.2. The van der Waals surface area contributed by atoms with Gasteiger partial charge in [0.25, 0.3) is 0 Å². The molecule has 3 N–H and O–H groups in total. The molecule has 0 unspecified atom stereocenters. The second-order valence-corrected chi connectivity index (χ2v) is 19.4. The Kier molecular flexibility index (Phi) is 9.33. The van der Waals surface area contributed by atoms with Crippen LogP contribution in [0.2, 0.25) is 0 Å². The van der Waals surface area contributed by atoms with Gasteiger partial charge in [0.15, 0.2) is 0 Å². The molecule has 0 amide bonds. The lowest BCUT2D eigenvalue weighted by molar-refractivity contribution is -0.122. The SMILES string of the molecule is CC(C)[C@@]1(CC[C@@H](C)[C@H]2CC[C@@]3(C)[C@@H]4C[C@H](OS(=O)(=O)O)[C@H]5C[C@H](OS(=O)(=O)O)[C@@H](OS(=O)(=O)O)C[C@]5(C)C4=CC[C@]23C)C[C@@H]1C. The van der Waals surface area contributed by atoms with Gasteiger partial charge < -0.3 is 0 Å². The van der Waals surface area contributed by atoms with Crippen molar-refractivity contribution in [3.63, 3.8) is 0 Å². The standard InChI is InChI=1S/C31H52O12S3/c1-18(2)31(16-20(31)4)13-8-19(3)21-9-11-30(7)23-14-25(41-44(32,33)34)24-15-26(42-45(35,36)37)27(43-46(38,39)40)17-28(24,5)22(23)10-12-29(21,30)6/h10,18-21,23-27H,8-9,11-17H2,1-7H3,(H,32,33,34)(H,35,36,37)(H,38,39,40)/t19-,20+,21-,23-,24-,25+,26+,27+,28-,29-,30+,31-/m1/s1. The molecule has 5 aliphatic carbocycles. The molecule has 15 heteroatoms. The fourth-order valence-corrected chi connectivity index (χ4v) is 12.8. The van der Waals surface area contributed by atoms with Crippen LogP contribution in [0.5, 0.6) is 0 Å². The molecule has 0 spiro atoms. The van der Waals surface area contributed by atoms with Gasteiger partial charge in [0.2, 0.25) is 0 Å². The van der Waals surface area contributed by atoms with Crippen LogP contribution in [0.25, 0.3) is 0 Å². The van der Waals surface area contributed by atoms with E-state index in [0.717, 1.165) is 37.2 Å². The molecule has 5 aliphatic rings. The summed E-state index contributed by atoms with van der Waals surface area (Å²) in [5, 5.41) is 0. The second kappa shape index (κ2) is 11.7. The van der Waals surface area contributed by atoms with Crippen molar-refractivity contribution in [3.05, 3.63) is 11.6 Å². The summed E-state index contributed by atoms with van der Waals surface area (Å²) in [5.74, 6) is 1.33. The summed E-state index contributed by atoms with van der Waals surface area (Å²) >= 11 is 0. The van der Waals surface area contributed by atoms with Crippen LogP contribution in [0.1, 0.15) is 106 Å². The zero-order valence-corrected chi connectivity index (χ0v) is 30.3. The summed E-state index contributed by atoms with van der Waals surface area (Å²) < 4.78 is 115. The highest BCUT2D eigenvalue weighted by molar-refractivity contribution is 7.81. The molecule has 0 aliphatic heterocycles. The van der Waals surface area contributed by atoms with E-state index in [1.54, 1.807) is 0 Å². The molecule has 5 rings (SSSR count). The normalized spacial score (nSPS) is 45.0. The third-order valence-corrected chi connectivity index (χ3v) is 15.5. The van der Waals surface area contributed by atoms with E-state index in [2.05, 4.69) is 47.6 Å². The van der Waals surface area contributed by atoms with E-state index in [4.69, 9.17) is 12.5 Å². The van der Waals surface area contributed by atoms with Gasteiger partial charge in [-0.2, -0.15) is 25.3 Å². The fourth-order valence-electron chi connectivity index (χ4n) is 11.3. The summed E-state index contributed by atoms with van der Waals surface area (Å²) in [6.07, 6.45) is 4.06. The lowest BCUT2D eigenvalue weighted by Crippen LogP contribution is -2.60. The molecule has 12 nitrogen and oxygen atoms in total. The highest BCUT2D eigenvalue weighted by atomic mass is 32.3. The van der Waals surface area contributed by atoms with Gasteiger partial charge in [-0.3, -0.25) is 13.7 Å². The van der Waals surface area contributed by atoms with Crippen molar-refractivity contribution in [1.29, 1.82) is 0 Å². The Hall–Kier alpha value is -0.650. The molecule has 46 heavy (non-hydrogen) atoms. The lowest BCUT2D eigenvalue weighted by atomic mass is 9.43. The van der Waals surface area contributed by atoms with Gasteiger partial charge in [0.1, 0.15) is 12.2 Å². The van der Waals surface area contributed by atoms with E-state index in [1.165, 1.54) is 12.8 Å². The summed E-state index contributed by atoms with van der Waals surface area (Å²) in [5.41, 5.74) is 0.0205. The van der Waals surface area contributed by atoms with Crippen LogP contribution in [0.4, 0.5) is 0 Å². The molecule has 0 bridgehead atoms. The highest BCUT2D eigenvalue weighted by Gasteiger charge is 2.67. The van der Waals surface area contributed by atoms with Crippen molar-refractivity contribution in [2.75, 3.05) is 0 Å². The maximum Gasteiger partial charge on any atom is 0.397 e. The second-order valence-electron chi connectivity index (χ2n) is 16.3. The van der Waals surface area contributed by atoms with Crippen molar-refractivity contribution >= 4 is 31.2 Å². The van der Waals surface area contributed by atoms with Crippen molar-refractivity contribution in [3.8, 4) is 0 Å². The largest absolute Gasteiger partial charge is 0.397 e. The minimum atomic E-state index is -5.09. The van der Waals surface area contributed by atoms with Crippen LogP contribution in [0.15, 0.2) is 11.6 Å². The predicted octanol–water partition coefficient (Wildman–Crippen LogP) is 5.84. The average Bonchev–Trinajstić information content (AvgIpc) is 3.45. The number of hydrogen-bond acceptors (Lipinski definition) is 9. The molecule has 12 atom stereocenters. The molecular formula is C31H52O12S3. The number of hydrogen-bond donors (Lipinski definition) is 3. The van der Waals surface area contributed by atoms with Gasteiger partial charge in [-0.15, -0.1) is 0 Å². The molecule has 0 radical (unpaired) electrons. The molecule has 266 valence electrons. The molecule has 0 heterocycles. The van der Waals surface area contributed by atoms with Gasteiger partial charge in [-0.05, 0) is 115 Å². The van der Waals surface area contributed by atoms with Crippen LogP contribution < -0.4 is 0 Å². The highest BCUT2D eigenvalue weighted by Crippen LogP contribution is 2.72. The fraction of sp³-hybridized carbons (Fsp3) is 0.935. The molecule has 0 aromatic rings. The summed E-state index contributed by atoms with van der Waals surface area (Å²) in [6.45, 7) is 15.8. The van der Waals surface area contributed by atoms with E-state index in [1.807, 2.05) is 6.92 Å². The number of rotatable bonds is 11. The van der Waals surface area contributed by atoms with Gasteiger partial charge in [0, 0.05) is 0 Å². The molecule has 4 fully saturated rings. The zero-order chi connectivity index (χ0) is 34.5. The van der Waals surface area contributed by atoms with Crippen molar-refractivity contribution < 1.29 is 51.5 Å². The van der Waals surface area contributed by atoms with Crippen molar-refractivity contribution in [2.24, 2.45) is 57.2 Å². The maximum absolute atomic E-state index is 12.2. The van der Waals surface area contributed by atoms with Gasteiger partial charge in [0.05, 0.1) is 6.10 Å². The van der Waals surface area contributed by atoms with Crippen molar-refractivity contribution in [1.82, 2.24) is 0 Å². The topological polar surface area (TPSA) is 191 Å². The Labute approximate surface area is 275 Å².